The standard InChI is InChI=1S/C22H23ClN2O/c1-15(2)14-24-22(26)20-13-21(17-9-11-18(23)12-10-17)25(16(20)3)19-7-5-4-6-8-19/h4-13,15H,14H2,1-3H3,(H,24,26). The van der Waals surface area contributed by atoms with Crippen molar-refractivity contribution >= 4 is 17.5 Å². The molecule has 0 fully saturated rings. The highest BCUT2D eigenvalue weighted by molar-refractivity contribution is 6.30. The molecule has 3 nitrogen and oxygen atoms in total. The number of hydrogen-bond acceptors (Lipinski definition) is 1. The molecule has 0 unspecified atom stereocenters. The van der Waals surface area contributed by atoms with Crippen LogP contribution >= 0.6 is 11.6 Å². The van der Waals surface area contributed by atoms with Crippen molar-refractivity contribution in [1.82, 2.24) is 9.88 Å². The van der Waals surface area contributed by atoms with Crippen LogP contribution in [0.4, 0.5) is 0 Å². The van der Waals surface area contributed by atoms with Gasteiger partial charge in [0.25, 0.3) is 5.91 Å². The summed E-state index contributed by atoms with van der Waals surface area (Å²) in [7, 11) is 0. The molecule has 0 aliphatic carbocycles. The van der Waals surface area contributed by atoms with E-state index in [1.54, 1.807) is 0 Å². The van der Waals surface area contributed by atoms with Crippen molar-refractivity contribution in [3.05, 3.63) is 76.9 Å². The number of hydrogen-bond donors (Lipinski definition) is 1. The third-order valence-electron chi connectivity index (χ3n) is 4.32. The first-order valence-corrected chi connectivity index (χ1v) is 9.17. The lowest BCUT2D eigenvalue weighted by molar-refractivity contribution is 0.0948. The van der Waals surface area contributed by atoms with Gasteiger partial charge in [-0.05, 0) is 48.7 Å². The van der Waals surface area contributed by atoms with Crippen LogP contribution in [0.3, 0.4) is 0 Å². The third-order valence-corrected chi connectivity index (χ3v) is 4.57. The van der Waals surface area contributed by atoms with E-state index in [0.717, 1.165) is 22.6 Å². The van der Waals surface area contributed by atoms with E-state index in [-0.39, 0.29) is 5.91 Å². The van der Waals surface area contributed by atoms with Gasteiger partial charge in [-0.3, -0.25) is 4.79 Å². The maximum Gasteiger partial charge on any atom is 0.253 e. The largest absolute Gasteiger partial charge is 0.352 e. The van der Waals surface area contributed by atoms with Crippen molar-refractivity contribution in [3.8, 4) is 16.9 Å². The number of carbonyl (C=O) groups is 1. The Balaban J connectivity index is 2.11. The van der Waals surface area contributed by atoms with E-state index in [4.69, 9.17) is 11.6 Å². The normalized spacial score (nSPS) is 11.0. The summed E-state index contributed by atoms with van der Waals surface area (Å²) >= 11 is 6.04. The van der Waals surface area contributed by atoms with Crippen LogP contribution in [-0.2, 0) is 0 Å². The second-order valence-electron chi connectivity index (χ2n) is 6.81. The molecule has 0 aliphatic rings. The second-order valence-corrected chi connectivity index (χ2v) is 7.25. The van der Waals surface area contributed by atoms with Crippen molar-refractivity contribution in [2.75, 3.05) is 6.54 Å². The van der Waals surface area contributed by atoms with Crippen molar-refractivity contribution in [3.63, 3.8) is 0 Å². The average Bonchev–Trinajstić information content (AvgIpc) is 2.98. The van der Waals surface area contributed by atoms with Gasteiger partial charge in [-0.1, -0.05) is 55.8 Å². The Kier molecular flexibility index (Phi) is 5.48. The second kappa shape index (κ2) is 7.79. The number of carbonyl (C=O) groups excluding carboxylic acids is 1. The van der Waals surface area contributed by atoms with E-state index in [0.29, 0.717) is 23.0 Å². The van der Waals surface area contributed by atoms with E-state index in [1.165, 1.54) is 0 Å². The van der Waals surface area contributed by atoms with Crippen LogP contribution < -0.4 is 5.32 Å². The summed E-state index contributed by atoms with van der Waals surface area (Å²) in [6.45, 7) is 6.81. The highest BCUT2D eigenvalue weighted by atomic mass is 35.5. The molecule has 134 valence electrons. The molecule has 0 spiro atoms. The smallest absolute Gasteiger partial charge is 0.253 e. The van der Waals surface area contributed by atoms with Gasteiger partial charge in [0.2, 0.25) is 0 Å². The van der Waals surface area contributed by atoms with Gasteiger partial charge in [-0.15, -0.1) is 0 Å². The number of halogens is 1. The van der Waals surface area contributed by atoms with Crippen LogP contribution in [0.25, 0.3) is 16.9 Å². The van der Waals surface area contributed by atoms with Crippen molar-refractivity contribution in [2.45, 2.75) is 20.8 Å². The number of nitrogens with one attached hydrogen (secondary N) is 1. The molecule has 4 heteroatoms. The predicted octanol–water partition coefficient (Wildman–Crippen LogP) is 5.49. The monoisotopic (exact) mass is 366 g/mol. The molecule has 0 radical (unpaired) electrons. The summed E-state index contributed by atoms with van der Waals surface area (Å²) in [5, 5.41) is 3.71. The number of para-hydroxylation sites is 1. The number of nitrogens with zero attached hydrogens (tertiary/aromatic N) is 1. The SMILES string of the molecule is Cc1c(C(=O)NCC(C)C)cc(-c2ccc(Cl)cc2)n1-c1ccccc1. The van der Waals surface area contributed by atoms with Gasteiger partial charge < -0.3 is 9.88 Å². The molecule has 3 rings (SSSR count). The van der Waals surface area contributed by atoms with E-state index in [9.17, 15) is 4.79 Å². The molecule has 26 heavy (non-hydrogen) atoms. The number of amides is 1. The molecule has 0 bridgehead atoms. The fraction of sp³-hybridized carbons (Fsp3) is 0.227. The molecular formula is C22H23ClN2O. The highest BCUT2D eigenvalue weighted by Crippen LogP contribution is 2.30. The lowest BCUT2D eigenvalue weighted by Crippen LogP contribution is -2.27. The summed E-state index contributed by atoms with van der Waals surface area (Å²) in [4.78, 5) is 12.7. The Bertz CT molecular complexity index is 896. The Morgan fingerprint density at radius 2 is 1.73 bits per heavy atom. The Hall–Kier alpha value is -2.52. The van der Waals surface area contributed by atoms with Crippen molar-refractivity contribution in [1.29, 1.82) is 0 Å². The quantitative estimate of drug-likeness (QED) is 0.636. The molecular weight excluding hydrogens is 344 g/mol. The van der Waals surface area contributed by atoms with E-state index >= 15 is 0 Å². The molecule has 2 aromatic carbocycles. The number of aromatic nitrogens is 1. The summed E-state index contributed by atoms with van der Waals surface area (Å²) in [6, 6.07) is 19.7. The van der Waals surface area contributed by atoms with Gasteiger partial charge in [0.1, 0.15) is 0 Å². The predicted molar refractivity (Wildman–Crippen MR) is 108 cm³/mol. The van der Waals surface area contributed by atoms with Gasteiger partial charge in [0, 0.05) is 22.9 Å². The molecule has 1 N–H and O–H groups in total. The van der Waals surface area contributed by atoms with Crippen LogP contribution in [0.2, 0.25) is 5.02 Å². The number of benzene rings is 2. The summed E-state index contributed by atoms with van der Waals surface area (Å²) < 4.78 is 2.12. The zero-order valence-electron chi connectivity index (χ0n) is 15.3. The first kappa shape index (κ1) is 18.3. The van der Waals surface area contributed by atoms with E-state index < -0.39 is 0 Å². The zero-order chi connectivity index (χ0) is 18.7. The van der Waals surface area contributed by atoms with Crippen molar-refractivity contribution in [2.24, 2.45) is 5.92 Å². The fourth-order valence-electron chi connectivity index (χ4n) is 2.97. The van der Waals surface area contributed by atoms with Gasteiger partial charge in [-0.2, -0.15) is 0 Å². The first-order valence-electron chi connectivity index (χ1n) is 8.79. The Morgan fingerprint density at radius 1 is 1.08 bits per heavy atom. The van der Waals surface area contributed by atoms with E-state index in [1.807, 2.05) is 67.6 Å². The van der Waals surface area contributed by atoms with Gasteiger partial charge in [0.05, 0.1) is 11.3 Å². The maximum atomic E-state index is 12.7. The lowest BCUT2D eigenvalue weighted by atomic mass is 10.1. The summed E-state index contributed by atoms with van der Waals surface area (Å²) in [6.07, 6.45) is 0. The first-order chi connectivity index (χ1) is 12.5. The number of rotatable bonds is 5. The molecule has 3 aromatic rings. The summed E-state index contributed by atoms with van der Waals surface area (Å²) in [5.74, 6) is 0.368. The molecule has 0 saturated carbocycles. The third kappa shape index (κ3) is 3.83. The van der Waals surface area contributed by atoms with Crippen molar-refractivity contribution < 1.29 is 4.79 Å². The molecule has 1 aromatic heterocycles. The minimum Gasteiger partial charge on any atom is -0.352 e. The van der Waals surface area contributed by atoms with Crippen LogP contribution in [0.5, 0.6) is 0 Å². The fourth-order valence-corrected chi connectivity index (χ4v) is 3.10. The Morgan fingerprint density at radius 3 is 2.35 bits per heavy atom. The topological polar surface area (TPSA) is 34.0 Å². The highest BCUT2D eigenvalue weighted by Gasteiger charge is 2.19. The molecule has 0 atom stereocenters. The van der Waals surface area contributed by atoms with Gasteiger partial charge in [-0.25, -0.2) is 0 Å². The molecule has 1 heterocycles. The molecule has 1 amide bonds. The zero-order valence-corrected chi connectivity index (χ0v) is 16.0. The lowest BCUT2D eigenvalue weighted by Gasteiger charge is -2.12. The average molecular weight is 367 g/mol. The summed E-state index contributed by atoms with van der Waals surface area (Å²) in [5.41, 5.74) is 4.63. The minimum atomic E-state index is -0.0407. The van der Waals surface area contributed by atoms with Gasteiger partial charge in [0.15, 0.2) is 0 Å². The maximum absolute atomic E-state index is 12.7. The molecule has 0 aliphatic heterocycles. The Labute approximate surface area is 159 Å². The minimum absolute atomic E-state index is 0.0407. The van der Waals surface area contributed by atoms with Crippen LogP contribution in [0.1, 0.15) is 29.9 Å². The van der Waals surface area contributed by atoms with Crippen LogP contribution in [0, 0.1) is 12.8 Å². The van der Waals surface area contributed by atoms with Crippen LogP contribution in [-0.4, -0.2) is 17.0 Å². The van der Waals surface area contributed by atoms with Gasteiger partial charge >= 0.3 is 0 Å². The van der Waals surface area contributed by atoms with E-state index in [2.05, 4.69) is 23.7 Å². The van der Waals surface area contributed by atoms with Crippen LogP contribution in [0.15, 0.2) is 60.7 Å². The molecule has 0 saturated heterocycles.